The van der Waals surface area contributed by atoms with Crippen LogP contribution in [0.25, 0.3) is 0 Å². The second kappa shape index (κ2) is 4.50. The lowest BCUT2D eigenvalue weighted by atomic mass is 9.96. The summed E-state index contributed by atoms with van der Waals surface area (Å²) < 4.78 is 5.39. The van der Waals surface area contributed by atoms with Gasteiger partial charge in [-0.05, 0) is 25.7 Å². The minimum atomic E-state index is -0.0660. The molecule has 0 heterocycles. The molecule has 0 radical (unpaired) electrons. The molecule has 64 valence electrons. The van der Waals surface area contributed by atoms with Crippen molar-refractivity contribution < 1.29 is 9.53 Å². The summed E-state index contributed by atoms with van der Waals surface area (Å²) in [5, 5.41) is 0. The van der Waals surface area contributed by atoms with Crippen molar-refractivity contribution in [3.8, 4) is 0 Å². The van der Waals surface area contributed by atoms with Gasteiger partial charge in [-0.25, -0.2) is 0 Å². The highest BCUT2D eigenvalue weighted by Crippen LogP contribution is 2.17. The first kappa shape index (κ1) is 8.72. The summed E-state index contributed by atoms with van der Waals surface area (Å²) >= 11 is 0. The van der Waals surface area contributed by atoms with Gasteiger partial charge in [0.05, 0.1) is 0 Å². The largest absolute Gasteiger partial charge is 0.370 e. The second-order valence-corrected chi connectivity index (χ2v) is 3.07. The first-order valence-electron chi connectivity index (χ1n) is 4.49. The molecule has 1 aliphatic carbocycles. The standard InChI is InChI=1S/C9H16O2/c1-2-7-11-9-6-4-3-5-8(9)10/h9H,2-7H2,1H3. The summed E-state index contributed by atoms with van der Waals surface area (Å²) in [5.41, 5.74) is 0. The Morgan fingerprint density at radius 1 is 1.55 bits per heavy atom. The fourth-order valence-corrected chi connectivity index (χ4v) is 1.39. The van der Waals surface area contributed by atoms with Crippen LogP contribution in [0.3, 0.4) is 0 Å². The van der Waals surface area contributed by atoms with E-state index in [4.69, 9.17) is 4.74 Å². The molecule has 0 amide bonds. The van der Waals surface area contributed by atoms with Crippen molar-refractivity contribution in [3.05, 3.63) is 0 Å². The Balaban J connectivity index is 2.24. The number of carbonyl (C=O) groups excluding carboxylic acids is 1. The van der Waals surface area contributed by atoms with Crippen LogP contribution in [0, 0.1) is 0 Å². The number of hydrogen-bond donors (Lipinski definition) is 0. The summed E-state index contributed by atoms with van der Waals surface area (Å²) in [6.45, 7) is 2.80. The van der Waals surface area contributed by atoms with E-state index in [1.165, 1.54) is 0 Å². The fraction of sp³-hybridized carbons (Fsp3) is 0.889. The molecule has 1 rings (SSSR count). The quantitative estimate of drug-likeness (QED) is 0.624. The molecule has 0 aromatic carbocycles. The molecule has 0 bridgehead atoms. The van der Waals surface area contributed by atoms with Crippen LogP contribution >= 0.6 is 0 Å². The van der Waals surface area contributed by atoms with Crippen molar-refractivity contribution in [1.29, 1.82) is 0 Å². The molecule has 0 aromatic heterocycles. The molecule has 2 nitrogen and oxygen atoms in total. The van der Waals surface area contributed by atoms with E-state index in [1.54, 1.807) is 0 Å². The monoisotopic (exact) mass is 156 g/mol. The molecule has 1 atom stereocenters. The predicted molar refractivity (Wildman–Crippen MR) is 43.5 cm³/mol. The number of rotatable bonds is 3. The first-order chi connectivity index (χ1) is 5.34. The zero-order chi connectivity index (χ0) is 8.10. The van der Waals surface area contributed by atoms with Crippen molar-refractivity contribution in [2.75, 3.05) is 6.61 Å². The SMILES string of the molecule is CCCOC1CCCCC1=O. The Bertz CT molecular complexity index is 132. The van der Waals surface area contributed by atoms with E-state index >= 15 is 0 Å². The second-order valence-electron chi connectivity index (χ2n) is 3.07. The summed E-state index contributed by atoms with van der Waals surface area (Å²) in [5.74, 6) is 0.310. The Kier molecular flexibility index (Phi) is 3.57. The van der Waals surface area contributed by atoms with Crippen LogP contribution < -0.4 is 0 Å². The topological polar surface area (TPSA) is 26.3 Å². The van der Waals surface area contributed by atoms with Crippen molar-refractivity contribution in [3.63, 3.8) is 0 Å². The molecule has 0 N–H and O–H groups in total. The number of ether oxygens (including phenoxy) is 1. The summed E-state index contributed by atoms with van der Waals surface area (Å²) in [4.78, 5) is 11.2. The smallest absolute Gasteiger partial charge is 0.161 e. The average Bonchev–Trinajstić information content (AvgIpc) is 2.03. The van der Waals surface area contributed by atoms with Gasteiger partial charge in [-0.15, -0.1) is 0 Å². The molecule has 1 saturated carbocycles. The molecule has 0 aliphatic heterocycles. The molecular weight excluding hydrogens is 140 g/mol. The van der Waals surface area contributed by atoms with Crippen molar-refractivity contribution in [1.82, 2.24) is 0 Å². The van der Waals surface area contributed by atoms with Gasteiger partial charge in [-0.3, -0.25) is 4.79 Å². The van der Waals surface area contributed by atoms with Crippen LogP contribution in [-0.4, -0.2) is 18.5 Å². The maximum absolute atomic E-state index is 11.2. The van der Waals surface area contributed by atoms with Crippen LogP contribution in [0.5, 0.6) is 0 Å². The molecule has 11 heavy (non-hydrogen) atoms. The van der Waals surface area contributed by atoms with Gasteiger partial charge in [0.1, 0.15) is 6.10 Å². The van der Waals surface area contributed by atoms with E-state index < -0.39 is 0 Å². The van der Waals surface area contributed by atoms with Gasteiger partial charge < -0.3 is 4.74 Å². The minimum Gasteiger partial charge on any atom is -0.370 e. The van der Waals surface area contributed by atoms with E-state index in [0.717, 1.165) is 38.7 Å². The van der Waals surface area contributed by atoms with Crippen LogP contribution in [0.2, 0.25) is 0 Å². The lowest BCUT2D eigenvalue weighted by molar-refractivity contribution is -0.133. The fourth-order valence-electron chi connectivity index (χ4n) is 1.39. The summed E-state index contributed by atoms with van der Waals surface area (Å²) in [6.07, 6.45) is 4.82. The molecule has 0 saturated heterocycles. The number of Topliss-reactive ketones (excluding diaryl/α,β-unsaturated/α-hetero) is 1. The van der Waals surface area contributed by atoms with Crippen LogP contribution in [0.1, 0.15) is 39.0 Å². The maximum Gasteiger partial charge on any atom is 0.161 e. The zero-order valence-corrected chi connectivity index (χ0v) is 7.14. The highest BCUT2D eigenvalue weighted by Gasteiger charge is 2.21. The normalized spacial score (nSPS) is 25.5. The zero-order valence-electron chi connectivity index (χ0n) is 7.14. The predicted octanol–water partition coefficient (Wildman–Crippen LogP) is 1.92. The molecule has 0 aromatic rings. The van der Waals surface area contributed by atoms with Crippen molar-refractivity contribution in [2.45, 2.75) is 45.1 Å². The molecule has 1 unspecified atom stereocenters. The third kappa shape index (κ3) is 2.62. The van der Waals surface area contributed by atoms with E-state index in [9.17, 15) is 4.79 Å². The lowest BCUT2D eigenvalue weighted by Gasteiger charge is -2.20. The highest BCUT2D eigenvalue weighted by atomic mass is 16.5. The van der Waals surface area contributed by atoms with E-state index in [-0.39, 0.29) is 6.10 Å². The van der Waals surface area contributed by atoms with E-state index in [1.807, 2.05) is 0 Å². The molecule has 0 spiro atoms. The van der Waals surface area contributed by atoms with Crippen LogP contribution in [0.15, 0.2) is 0 Å². The van der Waals surface area contributed by atoms with Crippen molar-refractivity contribution >= 4 is 5.78 Å². The van der Waals surface area contributed by atoms with Gasteiger partial charge in [0.25, 0.3) is 0 Å². The Morgan fingerprint density at radius 3 is 3.00 bits per heavy atom. The third-order valence-corrected chi connectivity index (χ3v) is 2.02. The van der Waals surface area contributed by atoms with Gasteiger partial charge in [-0.1, -0.05) is 6.92 Å². The molecule has 1 aliphatic rings. The minimum absolute atomic E-state index is 0.0660. The van der Waals surface area contributed by atoms with Gasteiger partial charge in [0.15, 0.2) is 5.78 Å². The third-order valence-electron chi connectivity index (χ3n) is 2.02. The van der Waals surface area contributed by atoms with E-state index in [2.05, 4.69) is 6.92 Å². The van der Waals surface area contributed by atoms with E-state index in [0.29, 0.717) is 5.78 Å². The first-order valence-corrected chi connectivity index (χ1v) is 4.49. The maximum atomic E-state index is 11.2. The number of carbonyl (C=O) groups is 1. The summed E-state index contributed by atoms with van der Waals surface area (Å²) in [7, 11) is 0. The molecule has 1 fully saturated rings. The lowest BCUT2D eigenvalue weighted by Crippen LogP contribution is -2.27. The van der Waals surface area contributed by atoms with Crippen molar-refractivity contribution in [2.24, 2.45) is 0 Å². The Labute approximate surface area is 67.9 Å². The van der Waals surface area contributed by atoms with Crippen LogP contribution in [0.4, 0.5) is 0 Å². The van der Waals surface area contributed by atoms with Gasteiger partial charge >= 0.3 is 0 Å². The summed E-state index contributed by atoms with van der Waals surface area (Å²) in [6, 6.07) is 0. The number of ketones is 1. The van der Waals surface area contributed by atoms with Gasteiger partial charge in [-0.2, -0.15) is 0 Å². The van der Waals surface area contributed by atoms with Crippen LogP contribution in [-0.2, 0) is 9.53 Å². The molecule has 2 heteroatoms. The molecular formula is C9H16O2. The Hall–Kier alpha value is -0.370. The highest BCUT2D eigenvalue weighted by molar-refractivity contribution is 5.83. The average molecular weight is 156 g/mol. The number of hydrogen-bond acceptors (Lipinski definition) is 2. The Morgan fingerprint density at radius 2 is 2.36 bits per heavy atom. The van der Waals surface area contributed by atoms with Gasteiger partial charge in [0.2, 0.25) is 0 Å². The van der Waals surface area contributed by atoms with Gasteiger partial charge in [0, 0.05) is 13.0 Å².